The summed E-state index contributed by atoms with van der Waals surface area (Å²) >= 11 is 0. The summed E-state index contributed by atoms with van der Waals surface area (Å²) in [5.41, 5.74) is 4.55. The molecule has 0 saturated heterocycles. The fourth-order valence-electron chi connectivity index (χ4n) is 2.81. The highest BCUT2D eigenvalue weighted by atomic mass is 19.1. The molecule has 0 aliphatic heterocycles. The van der Waals surface area contributed by atoms with Gasteiger partial charge in [-0.15, -0.1) is 0 Å². The molecule has 3 aromatic carbocycles. The highest BCUT2D eigenvalue weighted by molar-refractivity contribution is 5.92. The molecule has 0 aliphatic rings. The van der Waals surface area contributed by atoms with Gasteiger partial charge in [0.25, 0.3) is 0 Å². The van der Waals surface area contributed by atoms with Gasteiger partial charge in [0.2, 0.25) is 0 Å². The van der Waals surface area contributed by atoms with Crippen LogP contribution < -0.4 is 5.32 Å². The first-order valence-corrected chi connectivity index (χ1v) is 8.09. The van der Waals surface area contributed by atoms with Crippen molar-refractivity contribution in [3.63, 3.8) is 0 Å². The van der Waals surface area contributed by atoms with Gasteiger partial charge in [0, 0.05) is 12.2 Å². The van der Waals surface area contributed by atoms with Crippen LogP contribution in [0.3, 0.4) is 0 Å². The number of carboxylic acids is 1. The highest BCUT2D eigenvalue weighted by Crippen LogP contribution is 2.26. The van der Waals surface area contributed by atoms with Crippen LogP contribution in [0.2, 0.25) is 0 Å². The normalized spacial score (nSPS) is 10.5. The molecule has 132 valence electrons. The van der Waals surface area contributed by atoms with Crippen molar-refractivity contribution in [3.8, 4) is 16.9 Å². The van der Waals surface area contributed by atoms with Gasteiger partial charge in [-0.05, 0) is 59.5 Å². The number of aromatic carboxylic acids is 1. The Morgan fingerprint density at radius 1 is 1.04 bits per heavy atom. The zero-order valence-electron chi connectivity index (χ0n) is 14.2. The fraction of sp³-hybridized carbons (Fsp3) is 0.0952. The molecule has 0 unspecified atom stereocenters. The first-order chi connectivity index (χ1) is 12.4. The maximum atomic E-state index is 13.1. The predicted octanol–water partition coefficient (Wildman–Crippen LogP) is 4.82. The van der Waals surface area contributed by atoms with Gasteiger partial charge < -0.3 is 15.5 Å². The summed E-state index contributed by atoms with van der Waals surface area (Å²) in [6, 6.07) is 16.7. The van der Waals surface area contributed by atoms with Crippen molar-refractivity contribution in [3.05, 3.63) is 83.2 Å². The van der Waals surface area contributed by atoms with Crippen molar-refractivity contribution in [2.24, 2.45) is 0 Å². The molecule has 0 spiro atoms. The Morgan fingerprint density at radius 3 is 2.42 bits per heavy atom. The average Bonchev–Trinajstić information content (AvgIpc) is 2.62. The van der Waals surface area contributed by atoms with Crippen molar-refractivity contribution >= 4 is 11.7 Å². The van der Waals surface area contributed by atoms with Crippen LogP contribution >= 0.6 is 0 Å². The highest BCUT2D eigenvalue weighted by Gasteiger charge is 2.10. The lowest BCUT2D eigenvalue weighted by Gasteiger charge is -2.11. The number of aryl methyl sites for hydroxylation is 1. The van der Waals surface area contributed by atoms with E-state index in [4.69, 9.17) is 5.11 Å². The lowest BCUT2D eigenvalue weighted by Crippen LogP contribution is -2.03. The Balaban J connectivity index is 1.75. The number of hydrogen-bond donors (Lipinski definition) is 3. The molecule has 5 heteroatoms. The van der Waals surface area contributed by atoms with Crippen LogP contribution in [-0.2, 0) is 6.54 Å². The fourth-order valence-corrected chi connectivity index (χ4v) is 2.81. The molecule has 0 radical (unpaired) electrons. The predicted molar refractivity (Wildman–Crippen MR) is 99.0 cm³/mol. The molecule has 0 aromatic heterocycles. The van der Waals surface area contributed by atoms with Gasteiger partial charge in [0.15, 0.2) is 0 Å². The Morgan fingerprint density at radius 2 is 1.77 bits per heavy atom. The van der Waals surface area contributed by atoms with E-state index in [1.54, 1.807) is 18.2 Å². The Hall–Kier alpha value is -3.34. The van der Waals surface area contributed by atoms with Gasteiger partial charge in [0.05, 0.1) is 0 Å². The molecule has 0 fully saturated rings. The van der Waals surface area contributed by atoms with Crippen molar-refractivity contribution in [1.82, 2.24) is 0 Å². The molecule has 0 atom stereocenters. The maximum Gasteiger partial charge on any atom is 0.339 e. The first kappa shape index (κ1) is 17.5. The van der Waals surface area contributed by atoms with Crippen LogP contribution in [0, 0.1) is 12.7 Å². The molecule has 0 amide bonds. The smallest absolute Gasteiger partial charge is 0.339 e. The number of anilines is 1. The number of aromatic hydroxyl groups is 1. The van der Waals surface area contributed by atoms with E-state index in [-0.39, 0.29) is 17.1 Å². The number of hydrogen-bond acceptors (Lipinski definition) is 3. The molecule has 3 rings (SSSR count). The molecular weight excluding hydrogens is 333 g/mol. The van der Waals surface area contributed by atoms with Gasteiger partial charge in [0.1, 0.15) is 17.1 Å². The Kier molecular flexibility index (Phi) is 4.89. The number of rotatable bonds is 5. The van der Waals surface area contributed by atoms with Gasteiger partial charge in [-0.1, -0.05) is 30.3 Å². The molecule has 0 saturated carbocycles. The second-order valence-corrected chi connectivity index (χ2v) is 6.05. The Bertz CT molecular complexity index is 952. The minimum absolute atomic E-state index is 0.141. The van der Waals surface area contributed by atoms with Crippen molar-refractivity contribution in [2.45, 2.75) is 13.5 Å². The molecule has 4 nitrogen and oxygen atoms in total. The third-order valence-corrected chi connectivity index (χ3v) is 4.17. The van der Waals surface area contributed by atoms with E-state index < -0.39 is 5.97 Å². The summed E-state index contributed by atoms with van der Waals surface area (Å²) in [7, 11) is 0. The zero-order chi connectivity index (χ0) is 18.7. The quantitative estimate of drug-likeness (QED) is 0.577. The number of carbonyl (C=O) groups is 1. The molecule has 26 heavy (non-hydrogen) atoms. The van der Waals surface area contributed by atoms with E-state index in [0.29, 0.717) is 12.2 Å². The van der Waals surface area contributed by atoms with E-state index in [9.17, 15) is 14.3 Å². The zero-order valence-corrected chi connectivity index (χ0v) is 14.2. The van der Waals surface area contributed by atoms with E-state index in [1.807, 2.05) is 25.1 Å². The second-order valence-electron chi connectivity index (χ2n) is 6.05. The SMILES string of the molecule is Cc1cc(CNc2ccc(O)c(C(=O)O)c2)ccc1-c1ccc(F)cc1. The van der Waals surface area contributed by atoms with Crippen LogP contribution in [0.1, 0.15) is 21.5 Å². The average molecular weight is 351 g/mol. The van der Waals surface area contributed by atoms with E-state index in [2.05, 4.69) is 5.32 Å². The summed E-state index contributed by atoms with van der Waals surface area (Å²) < 4.78 is 13.1. The van der Waals surface area contributed by atoms with Gasteiger partial charge in [-0.3, -0.25) is 0 Å². The van der Waals surface area contributed by atoms with Crippen molar-refractivity contribution in [1.29, 1.82) is 0 Å². The molecule has 0 heterocycles. The number of halogens is 1. The van der Waals surface area contributed by atoms with Crippen LogP contribution in [0.4, 0.5) is 10.1 Å². The molecule has 3 aromatic rings. The lowest BCUT2D eigenvalue weighted by molar-refractivity contribution is 0.0694. The third-order valence-electron chi connectivity index (χ3n) is 4.17. The molecular formula is C21H18FNO3. The summed E-state index contributed by atoms with van der Waals surface area (Å²) in [6.07, 6.45) is 0. The summed E-state index contributed by atoms with van der Waals surface area (Å²) in [6.45, 7) is 2.50. The monoisotopic (exact) mass is 351 g/mol. The summed E-state index contributed by atoms with van der Waals surface area (Å²) in [5, 5.41) is 21.8. The number of carboxylic acid groups (broad SMARTS) is 1. The van der Waals surface area contributed by atoms with E-state index in [0.717, 1.165) is 22.3 Å². The van der Waals surface area contributed by atoms with Crippen LogP contribution in [0.25, 0.3) is 11.1 Å². The van der Waals surface area contributed by atoms with Crippen LogP contribution in [0.15, 0.2) is 60.7 Å². The third kappa shape index (κ3) is 3.83. The minimum Gasteiger partial charge on any atom is -0.507 e. The van der Waals surface area contributed by atoms with E-state index in [1.165, 1.54) is 24.3 Å². The lowest BCUT2D eigenvalue weighted by atomic mass is 9.98. The number of nitrogens with one attached hydrogen (secondary N) is 1. The van der Waals surface area contributed by atoms with Crippen LogP contribution in [0.5, 0.6) is 5.75 Å². The number of phenols is 1. The maximum absolute atomic E-state index is 13.1. The first-order valence-electron chi connectivity index (χ1n) is 8.09. The molecule has 3 N–H and O–H groups in total. The second kappa shape index (κ2) is 7.27. The van der Waals surface area contributed by atoms with E-state index >= 15 is 0 Å². The summed E-state index contributed by atoms with van der Waals surface area (Å²) in [5.74, 6) is -1.70. The number of benzene rings is 3. The van der Waals surface area contributed by atoms with Crippen molar-refractivity contribution < 1.29 is 19.4 Å². The topological polar surface area (TPSA) is 69.6 Å². The standard InChI is InChI=1S/C21H18FNO3/c1-13-10-14(2-8-18(13)15-3-5-16(22)6-4-15)12-23-17-7-9-20(24)19(11-17)21(25)26/h2-11,23-24H,12H2,1H3,(H,25,26). The minimum atomic E-state index is -1.18. The van der Waals surface area contributed by atoms with Gasteiger partial charge in [-0.2, -0.15) is 0 Å². The van der Waals surface area contributed by atoms with Crippen molar-refractivity contribution in [2.75, 3.05) is 5.32 Å². The molecule has 0 aliphatic carbocycles. The molecule has 0 bridgehead atoms. The largest absolute Gasteiger partial charge is 0.507 e. The summed E-state index contributed by atoms with van der Waals surface area (Å²) in [4.78, 5) is 11.1. The Labute approximate surface area is 150 Å². The van der Waals surface area contributed by atoms with Crippen LogP contribution in [-0.4, -0.2) is 16.2 Å². The van der Waals surface area contributed by atoms with Gasteiger partial charge >= 0.3 is 5.97 Å². The van der Waals surface area contributed by atoms with Gasteiger partial charge in [-0.25, -0.2) is 9.18 Å².